The van der Waals surface area contributed by atoms with E-state index in [0.717, 1.165) is 12.1 Å². The Hall–Kier alpha value is -4.37. The number of nitrogens with zero attached hydrogens (tertiary/aromatic N) is 5. The fourth-order valence-corrected chi connectivity index (χ4v) is 8.09. The number of halogens is 1. The van der Waals surface area contributed by atoms with Crippen LogP contribution < -0.4 is 5.32 Å². The first-order chi connectivity index (χ1) is 20.6. The third kappa shape index (κ3) is 5.33. The molecule has 12 nitrogen and oxygen atoms in total. The Morgan fingerprint density at radius 1 is 0.907 bits per heavy atom. The van der Waals surface area contributed by atoms with Crippen LogP contribution in [0.5, 0.6) is 0 Å². The van der Waals surface area contributed by atoms with Crippen LogP contribution in [0.25, 0.3) is 22.2 Å². The normalized spacial score (nSPS) is 16.0. The predicted octanol–water partition coefficient (Wildman–Crippen LogP) is 4.77. The van der Waals surface area contributed by atoms with E-state index in [1.54, 1.807) is 42.5 Å². The zero-order valence-electron chi connectivity index (χ0n) is 22.2. The third-order valence-electron chi connectivity index (χ3n) is 7.15. The van der Waals surface area contributed by atoms with Crippen LogP contribution in [0.1, 0.15) is 6.42 Å². The number of non-ortho nitro benzene ring substituents is 1. The Morgan fingerprint density at radius 3 is 2.30 bits per heavy atom. The molecule has 1 saturated heterocycles. The Bertz CT molecular complexity index is 2070. The van der Waals surface area contributed by atoms with Crippen LogP contribution in [0.4, 0.5) is 11.6 Å². The lowest BCUT2D eigenvalue weighted by atomic mass is 10.1. The second-order valence-electron chi connectivity index (χ2n) is 9.81. The molecule has 6 rings (SSSR count). The molecule has 3 aromatic carbocycles. The average molecular weight is 639 g/mol. The minimum Gasteiger partial charge on any atom is -0.350 e. The second-order valence-corrected chi connectivity index (χ2v) is 14.0. The summed E-state index contributed by atoms with van der Waals surface area (Å²) < 4.78 is 55.8. The lowest BCUT2D eigenvalue weighted by molar-refractivity contribution is -0.384. The number of hydrogen-bond acceptors (Lipinski definition) is 9. The summed E-state index contributed by atoms with van der Waals surface area (Å²) in [6.45, 7) is 0.345. The van der Waals surface area contributed by atoms with E-state index in [2.05, 4.69) is 15.3 Å². The average Bonchev–Trinajstić information content (AvgIpc) is 3.65. The van der Waals surface area contributed by atoms with Gasteiger partial charge in [-0.3, -0.25) is 10.1 Å². The van der Waals surface area contributed by atoms with E-state index < -0.39 is 25.0 Å². The van der Waals surface area contributed by atoms with Gasteiger partial charge in [-0.15, -0.1) is 0 Å². The highest BCUT2D eigenvalue weighted by atomic mass is 35.5. The monoisotopic (exact) mass is 638 g/mol. The molecular weight excluding hydrogens is 616 g/mol. The fourth-order valence-electron chi connectivity index (χ4n) is 5.00. The van der Waals surface area contributed by atoms with E-state index in [4.69, 9.17) is 11.6 Å². The maximum absolute atomic E-state index is 13.5. The molecule has 15 heteroatoms. The van der Waals surface area contributed by atoms with Gasteiger partial charge in [0.25, 0.3) is 15.7 Å². The summed E-state index contributed by atoms with van der Waals surface area (Å²) in [6, 6.07) is 19.5. The highest BCUT2D eigenvalue weighted by molar-refractivity contribution is 7.90. The third-order valence-corrected chi connectivity index (χ3v) is 11.0. The number of para-hydroxylation sites is 1. The molecule has 1 atom stereocenters. The van der Waals surface area contributed by atoms with Crippen molar-refractivity contribution >= 4 is 54.2 Å². The van der Waals surface area contributed by atoms with Gasteiger partial charge in [-0.05, 0) is 36.8 Å². The van der Waals surface area contributed by atoms with Gasteiger partial charge in [0.15, 0.2) is 0 Å². The SMILES string of the molecule is O=[N+]([O-])c1ccc(S(=O)(=O)N2CC[C@@H](Nc3ncc(Cl)c(-c4cn(S(=O)(=O)c5ccccc5)c5ccccc45)n3)C2)cc1. The van der Waals surface area contributed by atoms with Gasteiger partial charge in [0.05, 0.1) is 37.1 Å². The highest BCUT2D eigenvalue weighted by Gasteiger charge is 2.33. The van der Waals surface area contributed by atoms with Crippen LogP contribution in [0.15, 0.2) is 101 Å². The van der Waals surface area contributed by atoms with Crippen molar-refractivity contribution < 1.29 is 21.8 Å². The fraction of sp³-hybridized carbons (Fsp3) is 0.143. The summed E-state index contributed by atoms with van der Waals surface area (Å²) in [7, 11) is -7.80. The number of aromatic nitrogens is 3. The molecule has 43 heavy (non-hydrogen) atoms. The standard InChI is InChI=1S/C28H23ClN6O6S2/c29-25-16-30-28(31-19-14-15-33(17-19)42(38,39)22-12-10-20(11-13-22)35(36)37)32-27(25)24-18-34(26-9-5-4-8-23(24)26)43(40,41)21-6-2-1-3-7-21/h1-13,16,18-19H,14-15,17H2,(H,30,31,32)/t19-/m1/s1. The molecule has 0 amide bonds. The summed E-state index contributed by atoms with van der Waals surface area (Å²) in [5, 5.41) is 14.9. The van der Waals surface area contributed by atoms with Gasteiger partial charge in [0.1, 0.15) is 0 Å². The van der Waals surface area contributed by atoms with Crippen LogP contribution in [-0.4, -0.2) is 59.1 Å². The Kier molecular flexibility index (Phi) is 7.38. The van der Waals surface area contributed by atoms with Crippen molar-refractivity contribution in [2.24, 2.45) is 0 Å². The van der Waals surface area contributed by atoms with Crippen molar-refractivity contribution in [1.82, 2.24) is 18.2 Å². The minimum atomic E-state index is -3.93. The van der Waals surface area contributed by atoms with Crippen molar-refractivity contribution in [3.05, 3.63) is 106 Å². The molecule has 0 radical (unpaired) electrons. The molecule has 3 heterocycles. The van der Waals surface area contributed by atoms with E-state index in [0.29, 0.717) is 28.6 Å². The zero-order valence-corrected chi connectivity index (χ0v) is 24.6. The molecule has 0 unspecified atom stereocenters. The maximum Gasteiger partial charge on any atom is 0.269 e. The topological polar surface area (TPSA) is 157 Å². The van der Waals surface area contributed by atoms with Crippen molar-refractivity contribution in [2.45, 2.75) is 22.3 Å². The number of hydrogen-bond donors (Lipinski definition) is 1. The molecule has 0 saturated carbocycles. The Morgan fingerprint density at radius 2 is 1.58 bits per heavy atom. The molecule has 220 valence electrons. The summed E-state index contributed by atoms with van der Waals surface area (Å²) in [4.78, 5) is 19.3. The van der Waals surface area contributed by atoms with Gasteiger partial charge in [-0.1, -0.05) is 48.0 Å². The van der Waals surface area contributed by atoms with E-state index in [1.165, 1.54) is 44.9 Å². The van der Waals surface area contributed by atoms with Crippen LogP contribution >= 0.6 is 11.6 Å². The lowest BCUT2D eigenvalue weighted by Gasteiger charge is -2.17. The molecule has 0 aliphatic carbocycles. The summed E-state index contributed by atoms with van der Waals surface area (Å²) in [6.07, 6.45) is 3.35. The molecule has 1 aliphatic rings. The summed E-state index contributed by atoms with van der Waals surface area (Å²) >= 11 is 6.53. The molecular formula is C28H23ClN6O6S2. The number of anilines is 1. The zero-order chi connectivity index (χ0) is 30.4. The van der Waals surface area contributed by atoms with Crippen molar-refractivity contribution in [3.8, 4) is 11.3 Å². The molecule has 0 spiro atoms. The Balaban J connectivity index is 1.28. The number of fused-ring (bicyclic) bond motifs is 1. The van der Waals surface area contributed by atoms with Gasteiger partial charge < -0.3 is 5.32 Å². The van der Waals surface area contributed by atoms with Gasteiger partial charge in [0.2, 0.25) is 16.0 Å². The van der Waals surface area contributed by atoms with Crippen molar-refractivity contribution in [1.29, 1.82) is 0 Å². The van der Waals surface area contributed by atoms with E-state index in [-0.39, 0.29) is 45.6 Å². The largest absolute Gasteiger partial charge is 0.350 e. The number of nitrogens with one attached hydrogen (secondary N) is 1. The molecule has 1 fully saturated rings. The predicted molar refractivity (Wildman–Crippen MR) is 161 cm³/mol. The van der Waals surface area contributed by atoms with Gasteiger partial charge in [0, 0.05) is 48.4 Å². The first kappa shape index (κ1) is 28.7. The first-order valence-corrected chi connectivity index (χ1v) is 16.3. The Labute approximate surface area is 251 Å². The van der Waals surface area contributed by atoms with Crippen LogP contribution in [0.2, 0.25) is 5.02 Å². The number of nitro benzene ring substituents is 1. The van der Waals surface area contributed by atoms with Gasteiger partial charge >= 0.3 is 0 Å². The van der Waals surface area contributed by atoms with E-state index >= 15 is 0 Å². The smallest absolute Gasteiger partial charge is 0.269 e. The number of sulfonamides is 1. The number of nitro groups is 1. The van der Waals surface area contributed by atoms with Gasteiger partial charge in [-0.2, -0.15) is 4.31 Å². The van der Waals surface area contributed by atoms with E-state index in [9.17, 15) is 26.9 Å². The molecule has 1 aliphatic heterocycles. The summed E-state index contributed by atoms with van der Waals surface area (Å²) in [5.74, 6) is 0.196. The number of rotatable bonds is 8. The van der Waals surface area contributed by atoms with Gasteiger partial charge in [-0.25, -0.2) is 30.8 Å². The quantitative estimate of drug-likeness (QED) is 0.187. The molecule has 1 N–H and O–H groups in total. The van der Waals surface area contributed by atoms with Crippen LogP contribution in [0, 0.1) is 10.1 Å². The highest BCUT2D eigenvalue weighted by Crippen LogP contribution is 2.36. The minimum absolute atomic E-state index is 0.0365. The van der Waals surface area contributed by atoms with Crippen molar-refractivity contribution in [3.63, 3.8) is 0 Å². The van der Waals surface area contributed by atoms with Crippen LogP contribution in [-0.2, 0) is 20.0 Å². The van der Waals surface area contributed by atoms with Crippen LogP contribution in [0.3, 0.4) is 0 Å². The number of benzene rings is 3. The van der Waals surface area contributed by atoms with E-state index in [1.807, 2.05) is 0 Å². The molecule has 0 bridgehead atoms. The maximum atomic E-state index is 13.5. The second kappa shape index (κ2) is 11.0. The molecule has 2 aromatic heterocycles. The lowest BCUT2D eigenvalue weighted by Crippen LogP contribution is -2.32. The van der Waals surface area contributed by atoms with Crippen molar-refractivity contribution in [2.75, 3.05) is 18.4 Å². The molecule has 5 aromatic rings. The summed E-state index contributed by atoms with van der Waals surface area (Å²) in [5.41, 5.74) is 1.05. The first-order valence-electron chi connectivity index (χ1n) is 13.0.